The smallest absolute Gasteiger partial charge is 0.314 e. The Hall–Kier alpha value is -2.83. The number of nitrogens with two attached hydrogens (primary N) is 1. The highest BCUT2D eigenvalue weighted by Crippen LogP contribution is 2.19. The number of aryl methyl sites for hydroxylation is 2. The van der Waals surface area contributed by atoms with Crippen LogP contribution in [-0.2, 0) is 17.8 Å². The van der Waals surface area contributed by atoms with Gasteiger partial charge in [0.05, 0.1) is 12.1 Å². The highest BCUT2D eigenvalue weighted by molar-refractivity contribution is 5.92. The van der Waals surface area contributed by atoms with Crippen molar-refractivity contribution in [2.24, 2.45) is 11.7 Å². The Bertz CT molecular complexity index is 728. The molecule has 7 nitrogen and oxygen atoms in total. The van der Waals surface area contributed by atoms with Crippen molar-refractivity contribution >= 4 is 17.8 Å². The molecule has 0 unspecified atom stereocenters. The van der Waals surface area contributed by atoms with Crippen molar-refractivity contribution in [1.82, 2.24) is 14.7 Å². The zero-order valence-electron chi connectivity index (χ0n) is 14.1. The summed E-state index contributed by atoms with van der Waals surface area (Å²) < 4.78 is 1.79. The van der Waals surface area contributed by atoms with E-state index >= 15 is 0 Å². The van der Waals surface area contributed by atoms with Crippen molar-refractivity contribution in [1.29, 1.82) is 0 Å². The number of nitrogens with one attached hydrogen (secondary N) is 1. The van der Waals surface area contributed by atoms with Gasteiger partial charge in [-0.1, -0.05) is 30.3 Å². The van der Waals surface area contributed by atoms with Gasteiger partial charge in [0.15, 0.2) is 0 Å². The third-order valence-corrected chi connectivity index (χ3v) is 4.53. The number of amides is 3. The molecule has 0 aliphatic carbocycles. The lowest BCUT2D eigenvalue weighted by Gasteiger charge is -2.30. The average molecular weight is 341 g/mol. The Morgan fingerprint density at radius 3 is 2.80 bits per heavy atom. The molecule has 1 fully saturated rings. The van der Waals surface area contributed by atoms with Crippen LogP contribution in [0.5, 0.6) is 0 Å². The molecule has 1 saturated heterocycles. The Morgan fingerprint density at radius 2 is 2.04 bits per heavy atom. The molecule has 132 valence electrons. The van der Waals surface area contributed by atoms with E-state index in [4.69, 9.17) is 5.73 Å². The largest absolute Gasteiger partial charge is 0.351 e. The number of carbonyl (C=O) groups is 2. The van der Waals surface area contributed by atoms with Crippen molar-refractivity contribution in [3.63, 3.8) is 0 Å². The van der Waals surface area contributed by atoms with Gasteiger partial charge in [0.2, 0.25) is 5.91 Å². The van der Waals surface area contributed by atoms with E-state index in [-0.39, 0.29) is 11.8 Å². The molecule has 0 bridgehead atoms. The fraction of sp³-hybridized carbons (Fsp3) is 0.389. The van der Waals surface area contributed by atoms with Crippen LogP contribution in [0.3, 0.4) is 0 Å². The topological polar surface area (TPSA) is 93.2 Å². The first kappa shape index (κ1) is 17.0. The Kier molecular flexibility index (Phi) is 5.33. The van der Waals surface area contributed by atoms with Gasteiger partial charge in [-0.2, -0.15) is 5.10 Å². The van der Waals surface area contributed by atoms with Crippen LogP contribution >= 0.6 is 0 Å². The number of primary amides is 1. The maximum atomic E-state index is 12.5. The quantitative estimate of drug-likeness (QED) is 0.869. The third-order valence-electron chi connectivity index (χ3n) is 4.53. The van der Waals surface area contributed by atoms with Crippen LogP contribution in [0.4, 0.5) is 10.6 Å². The van der Waals surface area contributed by atoms with Crippen molar-refractivity contribution in [3.8, 4) is 0 Å². The fourth-order valence-corrected chi connectivity index (χ4v) is 3.12. The zero-order chi connectivity index (χ0) is 17.6. The Labute approximate surface area is 146 Å². The lowest BCUT2D eigenvalue weighted by Crippen LogP contribution is -2.46. The first-order valence-electron chi connectivity index (χ1n) is 8.54. The first-order chi connectivity index (χ1) is 12.1. The van der Waals surface area contributed by atoms with Gasteiger partial charge in [0, 0.05) is 25.7 Å². The summed E-state index contributed by atoms with van der Waals surface area (Å²) in [4.78, 5) is 25.4. The summed E-state index contributed by atoms with van der Waals surface area (Å²) in [5.41, 5.74) is 6.55. The number of benzene rings is 1. The minimum absolute atomic E-state index is 0.0904. The Balaban J connectivity index is 1.58. The van der Waals surface area contributed by atoms with E-state index in [0.717, 1.165) is 19.3 Å². The molecule has 1 aliphatic rings. The lowest BCUT2D eigenvalue weighted by atomic mass is 9.97. The molecule has 1 aromatic carbocycles. The van der Waals surface area contributed by atoms with Crippen LogP contribution in [0.15, 0.2) is 42.6 Å². The second-order valence-electron chi connectivity index (χ2n) is 6.29. The van der Waals surface area contributed by atoms with Crippen LogP contribution in [-0.4, -0.2) is 39.7 Å². The molecule has 3 N–H and O–H groups in total. The predicted molar refractivity (Wildman–Crippen MR) is 94.9 cm³/mol. The van der Waals surface area contributed by atoms with Crippen LogP contribution in [0, 0.1) is 5.92 Å². The number of hydrogen-bond donors (Lipinski definition) is 2. The minimum atomic E-state index is -0.467. The molecule has 0 spiro atoms. The van der Waals surface area contributed by atoms with Gasteiger partial charge in [0.1, 0.15) is 5.82 Å². The molecule has 3 amide bonds. The van der Waals surface area contributed by atoms with E-state index in [0.29, 0.717) is 25.5 Å². The third kappa shape index (κ3) is 4.37. The van der Waals surface area contributed by atoms with Crippen molar-refractivity contribution in [3.05, 3.63) is 48.2 Å². The fourth-order valence-electron chi connectivity index (χ4n) is 3.12. The summed E-state index contributed by atoms with van der Waals surface area (Å²) in [5, 5.41) is 7.23. The van der Waals surface area contributed by atoms with Crippen molar-refractivity contribution < 1.29 is 9.59 Å². The second-order valence-corrected chi connectivity index (χ2v) is 6.29. The summed E-state index contributed by atoms with van der Waals surface area (Å²) >= 11 is 0. The summed E-state index contributed by atoms with van der Waals surface area (Å²) in [6, 6.07) is 11.5. The molecule has 0 saturated carbocycles. The number of likely N-dealkylation sites (tertiary alicyclic amines) is 1. The molecule has 25 heavy (non-hydrogen) atoms. The van der Waals surface area contributed by atoms with Crippen LogP contribution < -0.4 is 11.1 Å². The maximum Gasteiger partial charge on any atom is 0.314 e. The highest BCUT2D eigenvalue weighted by Gasteiger charge is 2.27. The van der Waals surface area contributed by atoms with Crippen LogP contribution in [0.1, 0.15) is 18.4 Å². The molecule has 2 aromatic rings. The van der Waals surface area contributed by atoms with Gasteiger partial charge in [0.25, 0.3) is 0 Å². The highest BCUT2D eigenvalue weighted by atomic mass is 16.2. The number of aromatic nitrogens is 2. The van der Waals surface area contributed by atoms with Gasteiger partial charge in [-0.3, -0.25) is 4.79 Å². The van der Waals surface area contributed by atoms with E-state index in [1.54, 1.807) is 16.9 Å². The number of rotatable bonds is 5. The number of urea groups is 1. The molecule has 0 radical (unpaired) electrons. The number of carbonyl (C=O) groups excluding carboxylic acids is 2. The molecule has 7 heteroatoms. The van der Waals surface area contributed by atoms with Crippen molar-refractivity contribution in [2.75, 3.05) is 18.4 Å². The van der Waals surface area contributed by atoms with Gasteiger partial charge < -0.3 is 16.0 Å². The number of hydrogen-bond acceptors (Lipinski definition) is 3. The second kappa shape index (κ2) is 7.83. The number of piperidine rings is 1. The monoisotopic (exact) mass is 341 g/mol. The van der Waals surface area contributed by atoms with E-state index < -0.39 is 6.03 Å². The van der Waals surface area contributed by atoms with E-state index in [1.165, 1.54) is 10.5 Å². The van der Waals surface area contributed by atoms with Crippen LogP contribution in [0.25, 0.3) is 0 Å². The molecule has 2 heterocycles. The SMILES string of the molecule is NC(=O)N1CCC[C@@H](C(=O)Nc2ccnn2CCc2ccccc2)C1. The minimum Gasteiger partial charge on any atom is -0.351 e. The van der Waals surface area contributed by atoms with Gasteiger partial charge in [-0.05, 0) is 24.8 Å². The summed E-state index contributed by atoms with van der Waals surface area (Å²) in [6.07, 6.45) is 4.06. The predicted octanol–water partition coefficient (Wildman–Crippen LogP) is 1.85. The number of nitrogens with zero attached hydrogens (tertiary/aromatic N) is 3. The average Bonchev–Trinajstić information content (AvgIpc) is 3.08. The van der Waals surface area contributed by atoms with E-state index in [2.05, 4.69) is 22.5 Å². The standard InChI is InChI=1S/C18H23N5O2/c19-18(25)22-11-4-7-15(13-22)17(24)21-16-8-10-20-23(16)12-9-14-5-2-1-3-6-14/h1-3,5-6,8,10,15H,4,7,9,11-13H2,(H2,19,25)(H,21,24)/t15-/m1/s1. The molecular weight excluding hydrogens is 318 g/mol. The summed E-state index contributed by atoms with van der Waals surface area (Å²) in [5.74, 6) is 0.350. The molecule has 1 aliphatic heterocycles. The number of anilines is 1. The molecular formula is C18H23N5O2. The van der Waals surface area contributed by atoms with Gasteiger partial charge >= 0.3 is 6.03 Å². The molecule has 1 aromatic heterocycles. The molecule has 3 rings (SSSR count). The van der Waals surface area contributed by atoms with Crippen LogP contribution in [0.2, 0.25) is 0 Å². The van der Waals surface area contributed by atoms with Gasteiger partial charge in [-0.15, -0.1) is 0 Å². The normalized spacial score (nSPS) is 17.3. The van der Waals surface area contributed by atoms with Crippen molar-refractivity contribution in [2.45, 2.75) is 25.8 Å². The van der Waals surface area contributed by atoms with E-state index in [9.17, 15) is 9.59 Å². The summed E-state index contributed by atoms with van der Waals surface area (Å²) in [7, 11) is 0. The maximum absolute atomic E-state index is 12.5. The van der Waals surface area contributed by atoms with Gasteiger partial charge in [-0.25, -0.2) is 9.48 Å². The first-order valence-corrected chi connectivity index (χ1v) is 8.54. The van der Waals surface area contributed by atoms with E-state index in [1.807, 2.05) is 18.2 Å². The summed E-state index contributed by atoms with van der Waals surface area (Å²) in [6.45, 7) is 1.68. The Morgan fingerprint density at radius 1 is 1.24 bits per heavy atom. The molecule has 1 atom stereocenters. The lowest BCUT2D eigenvalue weighted by molar-refractivity contribution is -0.121. The zero-order valence-corrected chi connectivity index (χ0v) is 14.1.